The molecule has 22 heavy (non-hydrogen) atoms. The van der Waals surface area contributed by atoms with Crippen molar-refractivity contribution in [2.24, 2.45) is 0 Å². The van der Waals surface area contributed by atoms with Gasteiger partial charge in [-0.25, -0.2) is 4.98 Å². The van der Waals surface area contributed by atoms with E-state index in [2.05, 4.69) is 30.9 Å². The fraction of sp³-hybridized carbons (Fsp3) is 0.312. The molecule has 0 spiro atoms. The van der Waals surface area contributed by atoms with Crippen molar-refractivity contribution >= 4 is 16.7 Å². The first-order chi connectivity index (χ1) is 10.7. The van der Waals surface area contributed by atoms with Gasteiger partial charge in [0.15, 0.2) is 5.82 Å². The van der Waals surface area contributed by atoms with Crippen LogP contribution in [0.15, 0.2) is 42.7 Å². The Hall–Kier alpha value is -2.21. The maximum Gasteiger partial charge on any atom is 0.205 e. The first kappa shape index (κ1) is 14.7. The molecule has 0 bridgehead atoms. The standard InChI is InChI=1S/C16H19N5S/c1-13-17-9-12-21(13)11-6-10-20(2)16-18-15(19-22-16)14-7-4-3-5-8-14/h3-5,7-9,12H,6,10-11H2,1-2H3. The van der Waals surface area contributed by atoms with E-state index in [0.717, 1.165) is 41.9 Å². The summed E-state index contributed by atoms with van der Waals surface area (Å²) in [5, 5.41) is 0.959. The van der Waals surface area contributed by atoms with Gasteiger partial charge in [-0.05, 0) is 13.3 Å². The van der Waals surface area contributed by atoms with E-state index in [1.54, 1.807) is 0 Å². The summed E-state index contributed by atoms with van der Waals surface area (Å²) in [5.41, 5.74) is 1.06. The molecule has 3 aromatic rings. The van der Waals surface area contributed by atoms with Crippen molar-refractivity contribution < 1.29 is 0 Å². The Morgan fingerprint density at radius 1 is 1.23 bits per heavy atom. The molecule has 0 saturated heterocycles. The molecule has 0 N–H and O–H groups in total. The average molecular weight is 313 g/mol. The monoisotopic (exact) mass is 313 g/mol. The number of hydrogen-bond acceptors (Lipinski definition) is 5. The van der Waals surface area contributed by atoms with E-state index in [1.165, 1.54) is 11.5 Å². The van der Waals surface area contributed by atoms with Crippen LogP contribution in [0.4, 0.5) is 5.13 Å². The molecular formula is C16H19N5S. The van der Waals surface area contributed by atoms with Crippen LogP contribution in [0, 0.1) is 6.92 Å². The Balaban J connectivity index is 1.58. The van der Waals surface area contributed by atoms with Gasteiger partial charge in [-0.3, -0.25) is 0 Å². The van der Waals surface area contributed by atoms with E-state index in [-0.39, 0.29) is 0 Å². The van der Waals surface area contributed by atoms with Crippen molar-refractivity contribution in [1.82, 2.24) is 18.9 Å². The largest absolute Gasteiger partial charge is 0.350 e. The van der Waals surface area contributed by atoms with Gasteiger partial charge in [-0.2, -0.15) is 9.36 Å². The van der Waals surface area contributed by atoms with Crippen LogP contribution < -0.4 is 4.90 Å². The van der Waals surface area contributed by atoms with Gasteiger partial charge in [0, 0.05) is 49.6 Å². The SMILES string of the molecule is Cc1nccn1CCCN(C)c1nc(-c2ccccc2)ns1. The van der Waals surface area contributed by atoms with Crippen molar-refractivity contribution in [3.05, 3.63) is 48.5 Å². The molecule has 0 saturated carbocycles. The summed E-state index contributed by atoms with van der Waals surface area (Å²) in [6.45, 7) is 3.95. The van der Waals surface area contributed by atoms with Crippen LogP contribution in [0.2, 0.25) is 0 Å². The molecular weight excluding hydrogens is 294 g/mol. The molecule has 0 amide bonds. The van der Waals surface area contributed by atoms with Crippen LogP contribution in [0.25, 0.3) is 11.4 Å². The van der Waals surface area contributed by atoms with Gasteiger partial charge in [-0.15, -0.1) is 0 Å². The molecule has 114 valence electrons. The summed E-state index contributed by atoms with van der Waals surface area (Å²) < 4.78 is 6.62. The lowest BCUT2D eigenvalue weighted by atomic mass is 10.2. The summed E-state index contributed by atoms with van der Waals surface area (Å²) in [4.78, 5) is 11.0. The van der Waals surface area contributed by atoms with Crippen LogP contribution in [0.5, 0.6) is 0 Å². The van der Waals surface area contributed by atoms with E-state index in [0.29, 0.717) is 0 Å². The van der Waals surface area contributed by atoms with Crippen LogP contribution in [-0.2, 0) is 6.54 Å². The zero-order valence-corrected chi connectivity index (χ0v) is 13.6. The second-order valence-electron chi connectivity index (χ2n) is 5.21. The molecule has 0 aliphatic carbocycles. The highest BCUT2D eigenvalue weighted by Crippen LogP contribution is 2.23. The van der Waals surface area contributed by atoms with E-state index in [9.17, 15) is 0 Å². The minimum atomic E-state index is 0.804. The second kappa shape index (κ2) is 6.70. The minimum Gasteiger partial charge on any atom is -0.350 e. The normalized spacial score (nSPS) is 10.8. The van der Waals surface area contributed by atoms with Crippen molar-refractivity contribution in [3.63, 3.8) is 0 Å². The fourth-order valence-corrected chi connectivity index (χ4v) is 2.96. The molecule has 2 aromatic heterocycles. The quantitative estimate of drug-likeness (QED) is 0.701. The number of aromatic nitrogens is 4. The third kappa shape index (κ3) is 3.33. The highest BCUT2D eigenvalue weighted by molar-refractivity contribution is 7.09. The molecule has 0 fully saturated rings. The Labute approximate surface area is 134 Å². The lowest BCUT2D eigenvalue weighted by Gasteiger charge is -2.15. The van der Waals surface area contributed by atoms with Crippen LogP contribution in [0.3, 0.4) is 0 Å². The van der Waals surface area contributed by atoms with Gasteiger partial charge in [0.25, 0.3) is 0 Å². The number of benzene rings is 1. The number of rotatable bonds is 6. The molecule has 5 nitrogen and oxygen atoms in total. The van der Waals surface area contributed by atoms with Crippen molar-refractivity contribution in [1.29, 1.82) is 0 Å². The van der Waals surface area contributed by atoms with E-state index >= 15 is 0 Å². The predicted octanol–water partition coefficient (Wildman–Crippen LogP) is 3.24. The number of hydrogen-bond donors (Lipinski definition) is 0. The van der Waals surface area contributed by atoms with Crippen LogP contribution in [-0.4, -0.2) is 32.5 Å². The average Bonchev–Trinajstić information content (AvgIpc) is 3.18. The zero-order chi connectivity index (χ0) is 15.4. The van der Waals surface area contributed by atoms with Gasteiger partial charge in [-0.1, -0.05) is 30.3 Å². The first-order valence-corrected chi connectivity index (χ1v) is 8.09. The minimum absolute atomic E-state index is 0.804. The molecule has 0 atom stereocenters. The summed E-state index contributed by atoms with van der Waals surface area (Å²) in [7, 11) is 2.07. The number of imidazole rings is 1. The highest BCUT2D eigenvalue weighted by Gasteiger charge is 2.10. The van der Waals surface area contributed by atoms with Crippen LogP contribution in [0.1, 0.15) is 12.2 Å². The lowest BCUT2D eigenvalue weighted by Crippen LogP contribution is -2.19. The molecule has 2 heterocycles. The molecule has 6 heteroatoms. The molecule has 0 unspecified atom stereocenters. The van der Waals surface area contributed by atoms with Gasteiger partial charge >= 0.3 is 0 Å². The third-order valence-electron chi connectivity index (χ3n) is 3.59. The summed E-state index contributed by atoms with van der Waals surface area (Å²) in [5.74, 6) is 1.86. The Morgan fingerprint density at radius 3 is 2.77 bits per heavy atom. The van der Waals surface area contributed by atoms with Gasteiger partial charge < -0.3 is 9.47 Å². The maximum absolute atomic E-state index is 4.63. The van der Waals surface area contributed by atoms with Crippen molar-refractivity contribution in [2.75, 3.05) is 18.5 Å². The maximum atomic E-state index is 4.63. The number of aryl methyl sites for hydroxylation is 2. The first-order valence-electron chi connectivity index (χ1n) is 7.32. The highest BCUT2D eigenvalue weighted by atomic mass is 32.1. The smallest absolute Gasteiger partial charge is 0.205 e. The molecule has 1 aromatic carbocycles. The third-order valence-corrected chi connectivity index (χ3v) is 4.42. The van der Waals surface area contributed by atoms with Crippen molar-refractivity contribution in [2.45, 2.75) is 19.9 Å². The fourth-order valence-electron chi connectivity index (χ4n) is 2.29. The van der Waals surface area contributed by atoms with E-state index in [1.807, 2.05) is 49.6 Å². The van der Waals surface area contributed by atoms with E-state index in [4.69, 9.17) is 0 Å². The van der Waals surface area contributed by atoms with Crippen LogP contribution >= 0.6 is 11.5 Å². The Kier molecular flexibility index (Phi) is 4.48. The molecule has 0 aliphatic rings. The summed E-state index contributed by atoms with van der Waals surface area (Å²) in [6.07, 6.45) is 4.91. The Bertz CT molecular complexity index is 719. The van der Waals surface area contributed by atoms with E-state index < -0.39 is 0 Å². The lowest BCUT2D eigenvalue weighted by molar-refractivity contribution is 0.622. The molecule has 0 radical (unpaired) electrons. The number of anilines is 1. The molecule has 0 aliphatic heterocycles. The summed E-state index contributed by atoms with van der Waals surface area (Å²) >= 11 is 1.45. The topological polar surface area (TPSA) is 46.8 Å². The second-order valence-corrected chi connectivity index (χ2v) is 5.94. The summed E-state index contributed by atoms with van der Waals surface area (Å²) in [6, 6.07) is 10.1. The Morgan fingerprint density at radius 2 is 2.05 bits per heavy atom. The zero-order valence-electron chi connectivity index (χ0n) is 12.8. The van der Waals surface area contributed by atoms with Gasteiger partial charge in [0.2, 0.25) is 5.13 Å². The van der Waals surface area contributed by atoms with Gasteiger partial charge in [0.05, 0.1) is 0 Å². The number of nitrogens with zero attached hydrogens (tertiary/aromatic N) is 5. The van der Waals surface area contributed by atoms with Crippen molar-refractivity contribution in [3.8, 4) is 11.4 Å². The predicted molar refractivity (Wildman–Crippen MR) is 90.2 cm³/mol. The molecule has 3 rings (SSSR count). The van der Waals surface area contributed by atoms with Gasteiger partial charge in [0.1, 0.15) is 5.82 Å².